The Morgan fingerprint density at radius 3 is 1.87 bits per heavy atom. The lowest BCUT2D eigenvalue weighted by molar-refractivity contribution is 0.164. The summed E-state index contributed by atoms with van der Waals surface area (Å²) in [5, 5.41) is 9.78. The highest BCUT2D eigenvalue weighted by Crippen LogP contribution is 2.45. The molecule has 132 valence electrons. The van der Waals surface area contributed by atoms with Gasteiger partial charge in [-0.1, -0.05) is 71.6 Å². The van der Waals surface area contributed by atoms with Crippen molar-refractivity contribution in [2.24, 2.45) is 23.2 Å². The van der Waals surface area contributed by atoms with Crippen molar-refractivity contribution in [3.05, 3.63) is 0 Å². The van der Waals surface area contributed by atoms with Gasteiger partial charge in [0.05, 0.1) is 11.5 Å². The number of unbranched alkanes of at least 4 members (excludes halogenated alkanes) is 1. The maximum Gasteiger partial charge on any atom is 0.0689 e. The topological polar surface area (TPSA) is 23.8 Å². The van der Waals surface area contributed by atoms with Crippen LogP contribution in [0.2, 0.25) is 0 Å². The number of nitrogens with zero attached hydrogens (tertiary/aromatic N) is 1. The van der Waals surface area contributed by atoms with Crippen molar-refractivity contribution >= 4 is 0 Å². The van der Waals surface area contributed by atoms with Gasteiger partial charge in [0.1, 0.15) is 0 Å². The minimum atomic E-state index is 0.0449. The highest BCUT2D eigenvalue weighted by molar-refractivity contribution is 5.01. The molecule has 0 aromatic rings. The van der Waals surface area contributed by atoms with Crippen LogP contribution in [0.5, 0.6) is 0 Å². The van der Waals surface area contributed by atoms with Gasteiger partial charge in [-0.3, -0.25) is 0 Å². The van der Waals surface area contributed by atoms with Gasteiger partial charge in [-0.15, -0.1) is 0 Å². The van der Waals surface area contributed by atoms with Gasteiger partial charge in [-0.2, -0.15) is 5.26 Å². The maximum absolute atomic E-state index is 9.78. The second-order valence-electron chi connectivity index (χ2n) is 8.69. The SMILES string of the molecule is CCCCC1CCC(CCC2(C#N)CCC(CCC)CC2)CC1. The van der Waals surface area contributed by atoms with Crippen molar-refractivity contribution in [3.8, 4) is 6.07 Å². The lowest BCUT2D eigenvalue weighted by atomic mass is 9.66. The van der Waals surface area contributed by atoms with E-state index in [0.29, 0.717) is 0 Å². The molecule has 0 saturated heterocycles. The fourth-order valence-corrected chi connectivity index (χ4v) is 5.13. The summed E-state index contributed by atoms with van der Waals surface area (Å²) in [5.41, 5.74) is 0.0449. The quantitative estimate of drug-likeness (QED) is 0.462. The van der Waals surface area contributed by atoms with Gasteiger partial charge in [-0.05, 0) is 56.3 Å². The monoisotopic (exact) mass is 317 g/mol. The zero-order valence-corrected chi connectivity index (χ0v) is 15.8. The molecule has 0 spiro atoms. The molecule has 2 rings (SSSR count). The molecule has 1 nitrogen and oxygen atoms in total. The number of hydrogen-bond donors (Lipinski definition) is 0. The van der Waals surface area contributed by atoms with Crippen molar-refractivity contribution in [1.29, 1.82) is 5.26 Å². The molecule has 0 unspecified atom stereocenters. The van der Waals surface area contributed by atoms with Crippen molar-refractivity contribution in [2.75, 3.05) is 0 Å². The van der Waals surface area contributed by atoms with Gasteiger partial charge in [0, 0.05) is 0 Å². The highest BCUT2D eigenvalue weighted by atomic mass is 14.4. The van der Waals surface area contributed by atoms with Crippen LogP contribution in [0.15, 0.2) is 0 Å². The van der Waals surface area contributed by atoms with E-state index in [0.717, 1.165) is 17.8 Å². The molecule has 2 saturated carbocycles. The average molecular weight is 318 g/mol. The van der Waals surface area contributed by atoms with Crippen molar-refractivity contribution < 1.29 is 0 Å². The first-order chi connectivity index (χ1) is 11.2. The van der Waals surface area contributed by atoms with Crippen LogP contribution in [0, 0.1) is 34.5 Å². The summed E-state index contributed by atoms with van der Waals surface area (Å²) in [7, 11) is 0. The van der Waals surface area contributed by atoms with E-state index in [1.165, 1.54) is 96.3 Å². The zero-order valence-electron chi connectivity index (χ0n) is 15.8. The molecule has 0 bridgehead atoms. The average Bonchev–Trinajstić information content (AvgIpc) is 2.61. The molecule has 2 fully saturated rings. The van der Waals surface area contributed by atoms with Gasteiger partial charge in [0.2, 0.25) is 0 Å². The van der Waals surface area contributed by atoms with Crippen LogP contribution >= 0.6 is 0 Å². The van der Waals surface area contributed by atoms with Crippen molar-refractivity contribution in [3.63, 3.8) is 0 Å². The van der Waals surface area contributed by atoms with Gasteiger partial charge in [-0.25, -0.2) is 0 Å². The first kappa shape index (κ1) is 18.8. The summed E-state index contributed by atoms with van der Waals surface area (Å²) < 4.78 is 0. The zero-order chi connectivity index (χ0) is 16.5. The van der Waals surface area contributed by atoms with E-state index in [1.807, 2.05) is 0 Å². The molecular formula is C22H39N. The minimum Gasteiger partial charge on any atom is -0.198 e. The van der Waals surface area contributed by atoms with Gasteiger partial charge in [0.25, 0.3) is 0 Å². The molecule has 0 atom stereocenters. The molecule has 2 aliphatic rings. The fraction of sp³-hybridized carbons (Fsp3) is 0.955. The van der Waals surface area contributed by atoms with Crippen LogP contribution in [0.1, 0.15) is 110 Å². The van der Waals surface area contributed by atoms with Crippen LogP contribution < -0.4 is 0 Å². The third-order valence-electron chi connectivity index (χ3n) is 6.96. The normalized spacial score (nSPS) is 34.9. The number of hydrogen-bond acceptors (Lipinski definition) is 1. The van der Waals surface area contributed by atoms with E-state index in [9.17, 15) is 5.26 Å². The Bertz CT molecular complexity index is 351. The Morgan fingerprint density at radius 1 is 0.783 bits per heavy atom. The Labute approximate surface area is 145 Å². The first-order valence-corrected chi connectivity index (χ1v) is 10.6. The van der Waals surface area contributed by atoms with E-state index >= 15 is 0 Å². The molecule has 0 radical (unpaired) electrons. The van der Waals surface area contributed by atoms with E-state index in [-0.39, 0.29) is 5.41 Å². The largest absolute Gasteiger partial charge is 0.198 e. The van der Waals surface area contributed by atoms with Crippen molar-refractivity contribution in [2.45, 2.75) is 110 Å². The maximum atomic E-state index is 9.78. The molecule has 0 amide bonds. The number of rotatable bonds is 8. The van der Waals surface area contributed by atoms with E-state index in [4.69, 9.17) is 0 Å². The Kier molecular flexibility index (Phi) is 7.94. The summed E-state index contributed by atoms with van der Waals surface area (Å²) >= 11 is 0. The van der Waals surface area contributed by atoms with Crippen LogP contribution in [-0.2, 0) is 0 Å². The van der Waals surface area contributed by atoms with E-state index in [2.05, 4.69) is 19.9 Å². The van der Waals surface area contributed by atoms with Crippen LogP contribution in [-0.4, -0.2) is 0 Å². The summed E-state index contributed by atoms with van der Waals surface area (Å²) in [4.78, 5) is 0. The molecular weight excluding hydrogens is 278 g/mol. The molecule has 0 N–H and O–H groups in total. The predicted octanol–water partition coefficient (Wildman–Crippen LogP) is 7.26. The predicted molar refractivity (Wildman–Crippen MR) is 99.1 cm³/mol. The van der Waals surface area contributed by atoms with E-state index < -0.39 is 0 Å². The summed E-state index contributed by atoms with van der Waals surface area (Å²) in [6.45, 7) is 4.60. The van der Waals surface area contributed by atoms with Gasteiger partial charge in [0.15, 0.2) is 0 Å². The highest BCUT2D eigenvalue weighted by Gasteiger charge is 2.35. The second kappa shape index (κ2) is 9.71. The molecule has 0 heterocycles. The lowest BCUT2D eigenvalue weighted by Gasteiger charge is -2.37. The molecule has 2 aliphatic carbocycles. The van der Waals surface area contributed by atoms with Gasteiger partial charge >= 0.3 is 0 Å². The summed E-state index contributed by atoms with van der Waals surface area (Å²) in [6.07, 6.45) is 20.2. The Hall–Kier alpha value is -0.510. The smallest absolute Gasteiger partial charge is 0.0689 e. The summed E-state index contributed by atoms with van der Waals surface area (Å²) in [6, 6.07) is 2.76. The minimum absolute atomic E-state index is 0.0449. The second-order valence-corrected chi connectivity index (χ2v) is 8.69. The molecule has 0 aliphatic heterocycles. The third kappa shape index (κ3) is 5.81. The van der Waals surface area contributed by atoms with Crippen LogP contribution in [0.4, 0.5) is 0 Å². The lowest BCUT2D eigenvalue weighted by Crippen LogP contribution is -2.27. The Morgan fingerprint density at radius 2 is 1.35 bits per heavy atom. The first-order valence-electron chi connectivity index (χ1n) is 10.6. The molecule has 0 aromatic heterocycles. The fourth-order valence-electron chi connectivity index (χ4n) is 5.13. The molecule has 0 aromatic carbocycles. The standard InChI is InChI=1S/C22H39N/c1-3-5-7-20-8-10-21(11-9-20)14-17-22(18-23)15-12-19(6-4-2)13-16-22/h19-21H,3-17H2,1-2H3. The Balaban J connectivity index is 1.70. The third-order valence-corrected chi connectivity index (χ3v) is 6.96. The number of nitriles is 1. The summed E-state index contributed by atoms with van der Waals surface area (Å²) in [5.74, 6) is 2.85. The van der Waals surface area contributed by atoms with Crippen molar-refractivity contribution in [1.82, 2.24) is 0 Å². The van der Waals surface area contributed by atoms with E-state index in [1.54, 1.807) is 0 Å². The van der Waals surface area contributed by atoms with Crippen LogP contribution in [0.25, 0.3) is 0 Å². The molecule has 23 heavy (non-hydrogen) atoms. The van der Waals surface area contributed by atoms with Crippen LogP contribution in [0.3, 0.4) is 0 Å². The van der Waals surface area contributed by atoms with Gasteiger partial charge < -0.3 is 0 Å². The molecule has 1 heteroatoms.